The highest BCUT2D eigenvalue weighted by molar-refractivity contribution is 6.03. The van der Waals surface area contributed by atoms with Crippen LogP contribution in [0.5, 0.6) is 0 Å². The first-order valence-electron chi connectivity index (χ1n) is 12.1. The molecule has 180 valence electrons. The van der Waals surface area contributed by atoms with E-state index >= 15 is 0 Å². The van der Waals surface area contributed by atoms with Gasteiger partial charge in [0.05, 0.1) is 24.0 Å². The summed E-state index contributed by atoms with van der Waals surface area (Å²) < 4.78 is 3.34. The number of nitrogens with zero attached hydrogens (tertiary/aromatic N) is 4. The molecule has 1 aliphatic rings. The maximum Gasteiger partial charge on any atom is 0.274 e. The fourth-order valence-electron chi connectivity index (χ4n) is 4.53. The number of anilines is 1. The molecule has 2 aromatic carbocycles. The van der Waals surface area contributed by atoms with Crippen LogP contribution < -0.4 is 10.9 Å². The average molecular weight is 478 g/mol. The number of nitrogens with one attached hydrogen (secondary N) is 1. The van der Waals surface area contributed by atoms with E-state index in [2.05, 4.69) is 15.3 Å². The van der Waals surface area contributed by atoms with E-state index in [1.807, 2.05) is 49.5 Å². The molecule has 2 aromatic heterocycles. The van der Waals surface area contributed by atoms with E-state index in [-0.39, 0.29) is 17.5 Å². The third-order valence-electron chi connectivity index (χ3n) is 6.53. The van der Waals surface area contributed by atoms with Gasteiger partial charge in [0.1, 0.15) is 5.69 Å². The van der Waals surface area contributed by atoms with Crippen molar-refractivity contribution in [2.24, 2.45) is 5.92 Å². The van der Waals surface area contributed by atoms with E-state index in [0.717, 1.165) is 24.3 Å². The van der Waals surface area contributed by atoms with Gasteiger partial charge < -0.3 is 9.88 Å². The SMILES string of the molecule is [C-]#[N+]c1cccc(-n2nc(C)cc2C(=O)Nc2cccc(C(CCC3CC3)n3ccccc3=O)c2)c1. The van der Waals surface area contributed by atoms with Gasteiger partial charge in [-0.1, -0.05) is 43.2 Å². The topological polar surface area (TPSA) is 73.3 Å². The molecule has 1 fully saturated rings. The van der Waals surface area contributed by atoms with Gasteiger partial charge in [-0.05, 0) is 67.6 Å². The lowest BCUT2D eigenvalue weighted by Crippen LogP contribution is -2.24. The van der Waals surface area contributed by atoms with Crippen molar-refractivity contribution < 1.29 is 4.79 Å². The van der Waals surface area contributed by atoms with Gasteiger partial charge in [0.15, 0.2) is 5.69 Å². The summed E-state index contributed by atoms with van der Waals surface area (Å²) in [6, 6.07) is 21.6. The second kappa shape index (κ2) is 10.0. The number of amides is 1. The fraction of sp³-hybridized carbons (Fsp3) is 0.241. The number of aromatic nitrogens is 3. The third-order valence-corrected chi connectivity index (χ3v) is 6.53. The minimum atomic E-state index is -0.299. The van der Waals surface area contributed by atoms with Crippen LogP contribution in [0, 0.1) is 19.4 Å². The number of aryl methyl sites for hydroxylation is 1. The Labute approximate surface area is 209 Å². The Hall–Kier alpha value is -4.44. The quantitative estimate of drug-likeness (QED) is 0.320. The number of hydrogen-bond donors (Lipinski definition) is 1. The molecule has 0 bridgehead atoms. The molecule has 5 rings (SSSR count). The van der Waals surface area contributed by atoms with Crippen LogP contribution in [0.25, 0.3) is 10.5 Å². The average Bonchev–Trinajstić information content (AvgIpc) is 3.64. The Morgan fingerprint density at radius 3 is 2.72 bits per heavy atom. The molecule has 1 unspecified atom stereocenters. The second-order valence-electron chi connectivity index (χ2n) is 9.28. The largest absolute Gasteiger partial charge is 0.321 e. The van der Waals surface area contributed by atoms with Crippen LogP contribution in [0.15, 0.2) is 83.8 Å². The van der Waals surface area contributed by atoms with E-state index in [1.165, 1.54) is 12.8 Å². The summed E-state index contributed by atoms with van der Waals surface area (Å²) in [6.45, 7) is 9.10. The lowest BCUT2D eigenvalue weighted by molar-refractivity contribution is 0.101. The first-order valence-corrected chi connectivity index (χ1v) is 12.1. The van der Waals surface area contributed by atoms with Gasteiger partial charge >= 0.3 is 0 Å². The number of carbonyl (C=O) groups is 1. The van der Waals surface area contributed by atoms with Crippen LogP contribution >= 0.6 is 0 Å². The molecule has 1 saturated carbocycles. The van der Waals surface area contributed by atoms with Crippen LogP contribution in [-0.4, -0.2) is 20.3 Å². The summed E-state index contributed by atoms with van der Waals surface area (Å²) in [5.74, 6) is 0.451. The molecule has 2 heterocycles. The summed E-state index contributed by atoms with van der Waals surface area (Å²) >= 11 is 0. The van der Waals surface area contributed by atoms with Gasteiger partial charge in [0.25, 0.3) is 11.5 Å². The molecule has 0 spiro atoms. The summed E-state index contributed by atoms with van der Waals surface area (Å²) in [7, 11) is 0. The zero-order chi connectivity index (χ0) is 25.1. The predicted octanol–water partition coefficient (Wildman–Crippen LogP) is 5.93. The molecule has 7 heteroatoms. The van der Waals surface area contributed by atoms with Crippen molar-refractivity contribution in [2.75, 3.05) is 5.32 Å². The number of benzene rings is 2. The minimum absolute atomic E-state index is 0.0336. The molecule has 36 heavy (non-hydrogen) atoms. The highest BCUT2D eigenvalue weighted by atomic mass is 16.2. The van der Waals surface area contributed by atoms with Crippen molar-refractivity contribution in [2.45, 2.75) is 38.6 Å². The van der Waals surface area contributed by atoms with Gasteiger partial charge in [0.2, 0.25) is 0 Å². The molecule has 0 saturated heterocycles. The van der Waals surface area contributed by atoms with Gasteiger partial charge in [-0.3, -0.25) is 9.59 Å². The van der Waals surface area contributed by atoms with Crippen molar-refractivity contribution in [3.8, 4) is 5.69 Å². The van der Waals surface area contributed by atoms with Crippen molar-refractivity contribution in [1.82, 2.24) is 14.3 Å². The van der Waals surface area contributed by atoms with Gasteiger partial charge in [-0.25, -0.2) is 9.53 Å². The smallest absolute Gasteiger partial charge is 0.274 e. The lowest BCUT2D eigenvalue weighted by Gasteiger charge is -2.21. The van der Waals surface area contributed by atoms with Crippen LogP contribution in [0.2, 0.25) is 0 Å². The number of carbonyl (C=O) groups excluding carboxylic acids is 1. The van der Waals surface area contributed by atoms with E-state index < -0.39 is 0 Å². The number of rotatable bonds is 8. The van der Waals surface area contributed by atoms with Crippen molar-refractivity contribution in [3.63, 3.8) is 0 Å². The minimum Gasteiger partial charge on any atom is -0.321 e. The Kier molecular flexibility index (Phi) is 6.50. The Bertz CT molecular complexity index is 1510. The molecule has 1 amide bonds. The maximum atomic E-state index is 13.3. The molecule has 4 aromatic rings. The van der Waals surface area contributed by atoms with Crippen LogP contribution in [0.3, 0.4) is 0 Å². The zero-order valence-corrected chi connectivity index (χ0v) is 20.1. The fourth-order valence-corrected chi connectivity index (χ4v) is 4.53. The Morgan fingerprint density at radius 1 is 1.11 bits per heavy atom. The first-order chi connectivity index (χ1) is 17.5. The molecule has 0 radical (unpaired) electrons. The maximum absolute atomic E-state index is 13.3. The molecule has 1 aliphatic carbocycles. The normalized spacial score (nSPS) is 13.7. The van der Waals surface area contributed by atoms with E-state index in [9.17, 15) is 9.59 Å². The third kappa shape index (κ3) is 5.13. The summed E-state index contributed by atoms with van der Waals surface area (Å²) in [5.41, 5.74) is 3.81. The number of hydrogen-bond acceptors (Lipinski definition) is 3. The van der Waals surface area contributed by atoms with Crippen molar-refractivity contribution in [3.05, 3.63) is 118 Å². The van der Waals surface area contributed by atoms with Crippen LogP contribution in [0.1, 0.15) is 53.5 Å². The Balaban J connectivity index is 1.43. The monoisotopic (exact) mass is 477 g/mol. The summed E-state index contributed by atoms with van der Waals surface area (Å²) in [5, 5.41) is 7.48. The molecule has 1 atom stereocenters. The first kappa shape index (κ1) is 23.3. The van der Waals surface area contributed by atoms with Crippen LogP contribution in [-0.2, 0) is 0 Å². The number of pyridine rings is 1. The summed E-state index contributed by atoms with van der Waals surface area (Å²) in [6.07, 6.45) is 6.31. The molecule has 1 N–H and O–H groups in total. The highest BCUT2D eigenvalue weighted by Gasteiger charge is 2.24. The second-order valence-corrected chi connectivity index (χ2v) is 9.28. The van der Waals surface area contributed by atoms with Gasteiger partial charge in [-0.2, -0.15) is 5.10 Å². The molecular weight excluding hydrogens is 450 g/mol. The predicted molar refractivity (Wildman–Crippen MR) is 140 cm³/mol. The molecular formula is C29H27N5O2. The van der Waals surface area contributed by atoms with E-state index in [4.69, 9.17) is 6.57 Å². The van der Waals surface area contributed by atoms with Gasteiger partial charge in [0, 0.05) is 18.0 Å². The zero-order valence-electron chi connectivity index (χ0n) is 20.1. The molecule has 7 nitrogen and oxygen atoms in total. The van der Waals surface area contributed by atoms with E-state index in [0.29, 0.717) is 28.5 Å². The Morgan fingerprint density at radius 2 is 1.94 bits per heavy atom. The highest BCUT2D eigenvalue weighted by Crippen LogP contribution is 2.37. The van der Waals surface area contributed by atoms with Gasteiger partial charge in [-0.15, -0.1) is 0 Å². The van der Waals surface area contributed by atoms with Crippen molar-refractivity contribution >= 4 is 17.3 Å². The standard InChI is InChI=1S/C29H27N5O2/c1-20-17-27(34(32-20)25-10-6-8-23(19-25)30-2)29(36)31-24-9-5-7-22(18-24)26(15-14-21-12-13-21)33-16-4-3-11-28(33)35/h3-11,16-19,21,26H,12-15H2,1H3,(H,31,36). The van der Waals surface area contributed by atoms with Crippen LogP contribution in [0.4, 0.5) is 11.4 Å². The van der Waals surface area contributed by atoms with E-state index in [1.54, 1.807) is 45.6 Å². The lowest BCUT2D eigenvalue weighted by atomic mass is 9.99. The van der Waals surface area contributed by atoms with Crippen molar-refractivity contribution in [1.29, 1.82) is 0 Å². The molecule has 0 aliphatic heterocycles. The summed E-state index contributed by atoms with van der Waals surface area (Å²) in [4.78, 5) is 29.4.